The second kappa shape index (κ2) is 5.30. The van der Waals surface area contributed by atoms with Gasteiger partial charge in [-0.05, 0) is 49.2 Å². The summed E-state index contributed by atoms with van der Waals surface area (Å²) in [6.45, 7) is 0. The number of anilines is 1. The van der Waals surface area contributed by atoms with E-state index in [1.807, 2.05) is 42.5 Å². The lowest BCUT2D eigenvalue weighted by molar-refractivity contribution is 0.415. The second-order valence-corrected chi connectivity index (χ2v) is 5.56. The molecule has 4 heteroatoms. The summed E-state index contributed by atoms with van der Waals surface area (Å²) in [5.41, 5.74) is 1.96. The third-order valence-corrected chi connectivity index (χ3v) is 3.87. The molecule has 110 valence electrons. The summed E-state index contributed by atoms with van der Waals surface area (Å²) < 4.78 is 5.21. The number of methoxy groups -OCH3 is 1. The van der Waals surface area contributed by atoms with Crippen molar-refractivity contribution < 1.29 is 4.74 Å². The fraction of sp³-hybridized carbons (Fsp3) is 0.222. The first-order chi connectivity index (χ1) is 10.8. The van der Waals surface area contributed by atoms with Crippen LogP contribution in [0.5, 0.6) is 5.75 Å². The minimum Gasteiger partial charge on any atom is -0.497 e. The van der Waals surface area contributed by atoms with Gasteiger partial charge in [0.05, 0.1) is 12.6 Å². The molecule has 0 unspecified atom stereocenters. The summed E-state index contributed by atoms with van der Waals surface area (Å²) in [6, 6.07) is 16.5. The van der Waals surface area contributed by atoms with Crippen LogP contribution in [0.25, 0.3) is 22.3 Å². The molecule has 1 aliphatic carbocycles. The van der Waals surface area contributed by atoms with E-state index >= 15 is 0 Å². The predicted octanol–water partition coefficient (Wildman–Crippen LogP) is 3.88. The zero-order chi connectivity index (χ0) is 14.9. The first-order valence-corrected chi connectivity index (χ1v) is 7.51. The van der Waals surface area contributed by atoms with E-state index in [2.05, 4.69) is 11.4 Å². The number of para-hydroxylation sites is 1. The van der Waals surface area contributed by atoms with Gasteiger partial charge < -0.3 is 10.1 Å². The van der Waals surface area contributed by atoms with Gasteiger partial charge in [0.25, 0.3) is 0 Å². The topological polar surface area (TPSA) is 47.0 Å². The average Bonchev–Trinajstić information content (AvgIpc) is 3.39. The molecule has 4 rings (SSSR count). The van der Waals surface area contributed by atoms with Crippen LogP contribution >= 0.6 is 0 Å². The highest BCUT2D eigenvalue weighted by atomic mass is 16.5. The molecule has 0 atom stereocenters. The van der Waals surface area contributed by atoms with Crippen LogP contribution < -0.4 is 10.1 Å². The van der Waals surface area contributed by atoms with Gasteiger partial charge >= 0.3 is 0 Å². The molecule has 0 amide bonds. The highest BCUT2D eigenvalue weighted by molar-refractivity contribution is 5.90. The predicted molar refractivity (Wildman–Crippen MR) is 88.2 cm³/mol. The van der Waals surface area contributed by atoms with Crippen molar-refractivity contribution in [2.75, 3.05) is 12.4 Å². The van der Waals surface area contributed by atoms with Crippen molar-refractivity contribution in [3.63, 3.8) is 0 Å². The zero-order valence-electron chi connectivity index (χ0n) is 12.4. The van der Waals surface area contributed by atoms with E-state index in [4.69, 9.17) is 14.7 Å². The second-order valence-electron chi connectivity index (χ2n) is 5.56. The minimum atomic E-state index is 0.557. The zero-order valence-corrected chi connectivity index (χ0v) is 12.4. The number of nitrogens with one attached hydrogen (secondary N) is 1. The highest BCUT2D eigenvalue weighted by Crippen LogP contribution is 2.30. The molecule has 1 aromatic heterocycles. The lowest BCUT2D eigenvalue weighted by atomic mass is 10.1. The summed E-state index contributed by atoms with van der Waals surface area (Å²) in [7, 11) is 1.67. The maximum atomic E-state index is 5.21. The van der Waals surface area contributed by atoms with Gasteiger partial charge in [0.15, 0.2) is 5.82 Å². The highest BCUT2D eigenvalue weighted by Gasteiger charge is 2.22. The quantitative estimate of drug-likeness (QED) is 0.792. The standard InChI is InChI=1S/C18H17N3O/c1-22-14-10-6-12(7-11-14)17-20-16-5-3-2-4-15(16)18(21-17)19-13-8-9-13/h2-7,10-11,13H,8-9H2,1H3,(H,19,20,21). The van der Waals surface area contributed by atoms with Crippen molar-refractivity contribution in [1.29, 1.82) is 0 Å². The van der Waals surface area contributed by atoms with Crippen molar-refractivity contribution >= 4 is 16.7 Å². The average molecular weight is 291 g/mol. The van der Waals surface area contributed by atoms with E-state index in [1.54, 1.807) is 7.11 Å². The van der Waals surface area contributed by atoms with Gasteiger partial charge in [-0.15, -0.1) is 0 Å². The normalized spacial score (nSPS) is 14.0. The fourth-order valence-corrected chi connectivity index (χ4v) is 2.48. The van der Waals surface area contributed by atoms with Crippen molar-refractivity contribution in [1.82, 2.24) is 9.97 Å². The summed E-state index contributed by atoms with van der Waals surface area (Å²) in [4.78, 5) is 9.44. The lowest BCUT2D eigenvalue weighted by Crippen LogP contribution is -2.05. The van der Waals surface area contributed by atoms with Crippen LogP contribution in [0.2, 0.25) is 0 Å². The molecule has 1 N–H and O–H groups in total. The molecule has 4 nitrogen and oxygen atoms in total. The van der Waals surface area contributed by atoms with Crippen LogP contribution in [-0.2, 0) is 0 Å². The molecule has 0 radical (unpaired) electrons. The molecule has 1 saturated carbocycles. The first-order valence-electron chi connectivity index (χ1n) is 7.51. The Morgan fingerprint density at radius 3 is 2.50 bits per heavy atom. The molecule has 22 heavy (non-hydrogen) atoms. The van der Waals surface area contributed by atoms with Crippen LogP contribution in [0.3, 0.4) is 0 Å². The van der Waals surface area contributed by atoms with E-state index in [0.717, 1.165) is 33.9 Å². The summed E-state index contributed by atoms with van der Waals surface area (Å²) in [5, 5.41) is 4.59. The smallest absolute Gasteiger partial charge is 0.162 e. The van der Waals surface area contributed by atoms with Crippen LogP contribution in [0.15, 0.2) is 48.5 Å². The Labute approximate surface area is 129 Å². The maximum absolute atomic E-state index is 5.21. The van der Waals surface area contributed by atoms with Crippen molar-refractivity contribution in [3.8, 4) is 17.1 Å². The number of rotatable bonds is 4. The fourth-order valence-electron chi connectivity index (χ4n) is 2.48. The monoisotopic (exact) mass is 291 g/mol. The number of aromatic nitrogens is 2. The van der Waals surface area contributed by atoms with E-state index < -0.39 is 0 Å². The van der Waals surface area contributed by atoms with E-state index in [-0.39, 0.29) is 0 Å². The number of benzene rings is 2. The summed E-state index contributed by atoms with van der Waals surface area (Å²) in [5.74, 6) is 2.50. The van der Waals surface area contributed by atoms with Crippen molar-refractivity contribution in [2.24, 2.45) is 0 Å². The van der Waals surface area contributed by atoms with Gasteiger partial charge in [-0.25, -0.2) is 9.97 Å². The van der Waals surface area contributed by atoms with Gasteiger partial charge in [0, 0.05) is 17.0 Å². The molecule has 0 aliphatic heterocycles. The van der Waals surface area contributed by atoms with Crippen LogP contribution in [0.1, 0.15) is 12.8 Å². The first kappa shape index (κ1) is 13.1. The van der Waals surface area contributed by atoms with E-state index in [1.165, 1.54) is 12.8 Å². The Bertz CT molecular complexity index is 810. The third-order valence-electron chi connectivity index (χ3n) is 3.87. The van der Waals surface area contributed by atoms with Crippen LogP contribution in [0.4, 0.5) is 5.82 Å². The Hall–Kier alpha value is -2.62. The van der Waals surface area contributed by atoms with Crippen molar-refractivity contribution in [3.05, 3.63) is 48.5 Å². The van der Waals surface area contributed by atoms with E-state index in [0.29, 0.717) is 6.04 Å². The van der Waals surface area contributed by atoms with E-state index in [9.17, 15) is 0 Å². The molecule has 3 aromatic rings. The molecular weight excluding hydrogens is 274 g/mol. The lowest BCUT2D eigenvalue weighted by Gasteiger charge is -2.10. The maximum Gasteiger partial charge on any atom is 0.162 e. The number of ether oxygens (including phenoxy) is 1. The number of hydrogen-bond acceptors (Lipinski definition) is 4. The molecule has 0 saturated heterocycles. The summed E-state index contributed by atoms with van der Waals surface area (Å²) >= 11 is 0. The Morgan fingerprint density at radius 1 is 1.00 bits per heavy atom. The SMILES string of the molecule is COc1ccc(-c2nc(NC3CC3)c3ccccc3n2)cc1. The van der Waals surface area contributed by atoms with Gasteiger partial charge in [0.1, 0.15) is 11.6 Å². The Kier molecular flexibility index (Phi) is 3.15. The number of nitrogens with zero attached hydrogens (tertiary/aromatic N) is 2. The largest absolute Gasteiger partial charge is 0.497 e. The molecule has 1 heterocycles. The van der Waals surface area contributed by atoms with Gasteiger partial charge in [0.2, 0.25) is 0 Å². The number of hydrogen-bond donors (Lipinski definition) is 1. The molecule has 0 bridgehead atoms. The summed E-state index contributed by atoms with van der Waals surface area (Å²) in [6.07, 6.45) is 2.44. The minimum absolute atomic E-state index is 0.557. The number of fused-ring (bicyclic) bond motifs is 1. The Morgan fingerprint density at radius 2 is 1.77 bits per heavy atom. The van der Waals surface area contributed by atoms with Gasteiger partial charge in [-0.3, -0.25) is 0 Å². The molecule has 0 spiro atoms. The molecule has 1 aliphatic rings. The molecule has 1 fully saturated rings. The van der Waals surface area contributed by atoms with Gasteiger partial charge in [-0.2, -0.15) is 0 Å². The van der Waals surface area contributed by atoms with Gasteiger partial charge in [-0.1, -0.05) is 12.1 Å². The molecular formula is C18H17N3O. The van der Waals surface area contributed by atoms with Crippen LogP contribution in [-0.4, -0.2) is 23.1 Å². The molecule has 2 aromatic carbocycles. The third kappa shape index (κ3) is 2.48. The van der Waals surface area contributed by atoms with Crippen LogP contribution in [0, 0.1) is 0 Å². The van der Waals surface area contributed by atoms with Crippen molar-refractivity contribution in [2.45, 2.75) is 18.9 Å². The Balaban J connectivity index is 1.82.